The number of imide groups is 1. The summed E-state index contributed by atoms with van der Waals surface area (Å²) in [5.74, 6) is -1.43. The monoisotopic (exact) mass is 400 g/mol. The van der Waals surface area contributed by atoms with Gasteiger partial charge >= 0.3 is 5.69 Å². The first-order valence-electron chi connectivity index (χ1n) is 9.11. The molecular formula is C23H16N2O5. The molecule has 0 bridgehead atoms. The van der Waals surface area contributed by atoms with Gasteiger partial charge in [0, 0.05) is 17.2 Å². The third-order valence-electron chi connectivity index (χ3n) is 4.88. The van der Waals surface area contributed by atoms with Crippen LogP contribution in [0.4, 0.5) is 11.4 Å². The van der Waals surface area contributed by atoms with Crippen molar-refractivity contribution in [3.8, 4) is 5.75 Å². The molecule has 3 aromatic rings. The Balaban J connectivity index is 1.89. The van der Waals surface area contributed by atoms with Crippen molar-refractivity contribution in [3.05, 3.63) is 99.1 Å². The molecule has 7 heteroatoms. The molecule has 0 atom stereocenters. The van der Waals surface area contributed by atoms with E-state index in [1.807, 2.05) is 19.1 Å². The number of rotatable bonds is 3. The van der Waals surface area contributed by atoms with Gasteiger partial charge in [-0.05, 0) is 48.4 Å². The minimum atomic E-state index is -0.698. The first kappa shape index (κ1) is 19.1. The van der Waals surface area contributed by atoms with Crippen LogP contribution in [0.15, 0.2) is 66.7 Å². The number of aromatic hydroxyl groups is 1. The minimum Gasteiger partial charge on any atom is -0.502 e. The standard InChI is InChI=1S/C23H16N2O5/c1-14-6-9-16(10-7-14)24-22(27)18-5-3-2-4-17(18)19(23(24)28)12-15-8-11-21(26)20(13-15)25(29)30/h2-13,26H,1H3/b19-12+. The molecular weight excluding hydrogens is 384 g/mol. The Morgan fingerprint density at radius 1 is 0.933 bits per heavy atom. The second kappa shape index (κ2) is 7.29. The van der Waals surface area contributed by atoms with E-state index >= 15 is 0 Å². The van der Waals surface area contributed by atoms with Crippen molar-refractivity contribution in [2.24, 2.45) is 0 Å². The van der Waals surface area contributed by atoms with Gasteiger partial charge in [-0.3, -0.25) is 19.7 Å². The van der Waals surface area contributed by atoms with E-state index < -0.39 is 28.2 Å². The number of nitro benzene ring substituents is 1. The molecule has 3 aromatic carbocycles. The van der Waals surface area contributed by atoms with E-state index in [-0.39, 0.29) is 5.57 Å². The van der Waals surface area contributed by atoms with Gasteiger partial charge < -0.3 is 5.11 Å². The van der Waals surface area contributed by atoms with E-state index in [0.717, 1.165) is 10.5 Å². The van der Waals surface area contributed by atoms with Crippen LogP contribution < -0.4 is 4.90 Å². The molecule has 0 aliphatic carbocycles. The number of carbonyl (C=O) groups excluding carboxylic acids is 2. The summed E-state index contributed by atoms with van der Waals surface area (Å²) in [6.07, 6.45) is 1.49. The summed E-state index contributed by atoms with van der Waals surface area (Å²) >= 11 is 0. The van der Waals surface area contributed by atoms with Crippen LogP contribution in [0.3, 0.4) is 0 Å². The number of hydrogen-bond donors (Lipinski definition) is 1. The zero-order valence-corrected chi connectivity index (χ0v) is 15.9. The molecule has 2 amide bonds. The van der Waals surface area contributed by atoms with Crippen molar-refractivity contribution >= 4 is 34.8 Å². The van der Waals surface area contributed by atoms with Gasteiger partial charge in [-0.15, -0.1) is 0 Å². The average Bonchev–Trinajstić information content (AvgIpc) is 2.73. The minimum absolute atomic E-state index is 0.228. The molecule has 148 valence electrons. The number of fused-ring (bicyclic) bond motifs is 1. The Bertz CT molecular complexity index is 1230. The van der Waals surface area contributed by atoms with Crippen molar-refractivity contribution in [3.63, 3.8) is 0 Å². The van der Waals surface area contributed by atoms with Crippen molar-refractivity contribution in [1.82, 2.24) is 0 Å². The molecule has 0 unspecified atom stereocenters. The molecule has 1 N–H and O–H groups in total. The van der Waals surface area contributed by atoms with Crippen molar-refractivity contribution in [2.75, 3.05) is 4.90 Å². The summed E-state index contributed by atoms with van der Waals surface area (Å²) in [5, 5.41) is 20.8. The van der Waals surface area contributed by atoms with Crippen LogP contribution in [0.1, 0.15) is 27.0 Å². The highest BCUT2D eigenvalue weighted by Gasteiger charge is 2.35. The average molecular weight is 400 g/mol. The highest BCUT2D eigenvalue weighted by molar-refractivity contribution is 6.43. The van der Waals surface area contributed by atoms with E-state index in [9.17, 15) is 24.8 Å². The Kier molecular flexibility index (Phi) is 4.63. The summed E-state index contributed by atoms with van der Waals surface area (Å²) in [7, 11) is 0. The zero-order chi connectivity index (χ0) is 21.4. The van der Waals surface area contributed by atoms with Crippen LogP contribution >= 0.6 is 0 Å². The van der Waals surface area contributed by atoms with Crippen LogP contribution in [0.25, 0.3) is 11.6 Å². The highest BCUT2D eigenvalue weighted by Crippen LogP contribution is 2.34. The maximum atomic E-state index is 13.3. The number of aryl methyl sites for hydroxylation is 1. The quantitative estimate of drug-likeness (QED) is 0.305. The SMILES string of the molecule is Cc1ccc(N2C(=O)/C(=C/c3ccc(O)c([N+](=O)[O-])c3)c3ccccc3C2=O)cc1. The molecule has 1 heterocycles. The van der Waals surface area contributed by atoms with Gasteiger partial charge in [0.25, 0.3) is 11.8 Å². The summed E-state index contributed by atoms with van der Waals surface area (Å²) in [4.78, 5) is 37.9. The molecule has 0 radical (unpaired) electrons. The number of hydrogen-bond acceptors (Lipinski definition) is 5. The second-order valence-electron chi connectivity index (χ2n) is 6.89. The Morgan fingerprint density at radius 3 is 2.27 bits per heavy atom. The molecule has 30 heavy (non-hydrogen) atoms. The van der Waals surface area contributed by atoms with Crippen LogP contribution in [-0.4, -0.2) is 21.8 Å². The van der Waals surface area contributed by atoms with E-state index in [2.05, 4.69) is 0 Å². The molecule has 0 aromatic heterocycles. The van der Waals surface area contributed by atoms with Gasteiger partial charge in [0.15, 0.2) is 5.75 Å². The zero-order valence-electron chi connectivity index (χ0n) is 15.9. The first-order valence-corrected chi connectivity index (χ1v) is 9.11. The maximum Gasteiger partial charge on any atom is 0.311 e. The Morgan fingerprint density at radius 2 is 1.60 bits per heavy atom. The lowest BCUT2D eigenvalue weighted by molar-refractivity contribution is -0.385. The molecule has 0 fully saturated rings. The van der Waals surface area contributed by atoms with Gasteiger partial charge in [-0.25, -0.2) is 4.90 Å². The fraction of sp³-hybridized carbons (Fsp3) is 0.0435. The van der Waals surface area contributed by atoms with Crippen LogP contribution in [0, 0.1) is 17.0 Å². The van der Waals surface area contributed by atoms with Crippen LogP contribution in [0.2, 0.25) is 0 Å². The number of nitrogens with zero attached hydrogens (tertiary/aromatic N) is 2. The number of nitro groups is 1. The molecule has 0 saturated carbocycles. The summed E-state index contributed by atoms with van der Waals surface area (Å²) < 4.78 is 0. The molecule has 1 aliphatic rings. The number of carbonyl (C=O) groups is 2. The lowest BCUT2D eigenvalue weighted by Gasteiger charge is -2.28. The predicted octanol–water partition coefficient (Wildman–Crippen LogP) is 4.34. The van der Waals surface area contributed by atoms with Gasteiger partial charge in [0.2, 0.25) is 0 Å². The first-order chi connectivity index (χ1) is 14.4. The van der Waals surface area contributed by atoms with Gasteiger partial charge in [0.1, 0.15) is 0 Å². The molecule has 1 aliphatic heterocycles. The maximum absolute atomic E-state index is 13.3. The lowest BCUT2D eigenvalue weighted by atomic mass is 9.91. The normalized spacial score (nSPS) is 14.7. The topological polar surface area (TPSA) is 101 Å². The number of amides is 2. The second-order valence-corrected chi connectivity index (χ2v) is 6.89. The number of anilines is 1. The van der Waals surface area contributed by atoms with Crippen LogP contribution in [0.5, 0.6) is 5.75 Å². The Labute approximate surface area is 171 Å². The summed E-state index contributed by atoms with van der Waals surface area (Å²) in [6.45, 7) is 1.90. The van der Waals surface area contributed by atoms with Gasteiger partial charge in [-0.1, -0.05) is 42.0 Å². The smallest absolute Gasteiger partial charge is 0.311 e. The molecule has 4 rings (SSSR count). The Hall–Kier alpha value is -4.26. The lowest BCUT2D eigenvalue weighted by Crippen LogP contribution is -2.41. The van der Waals surface area contributed by atoms with E-state index in [1.165, 1.54) is 24.3 Å². The van der Waals surface area contributed by atoms with Crippen molar-refractivity contribution in [2.45, 2.75) is 6.92 Å². The molecule has 0 spiro atoms. The number of phenolic OH excluding ortho intramolecular Hbond substituents is 1. The fourth-order valence-electron chi connectivity index (χ4n) is 3.36. The van der Waals surface area contributed by atoms with Gasteiger partial charge in [0.05, 0.1) is 10.6 Å². The predicted molar refractivity (Wildman–Crippen MR) is 112 cm³/mol. The third kappa shape index (κ3) is 3.22. The largest absolute Gasteiger partial charge is 0.502 e. The van der Waals surface area contributed by atoms with Crippen molar-refractivity contribution in [1.29, 1.82) is 0 Å². The fourth-order valence-corrected chi connectivity index (χ4v) is 3.36. The number of phenols is 1. The third-order valence-corrected chi connectivity index (χ3v) is 4.88. The van der Waals surface area contributed by atoms with Gasteiger partial charge in [-0.2, -0.15) is 0 Å². The van der Waals surface area contributed by atoms with E-state index in [1.54, 1.807) is 36.4 Å². The van der Waals surface area contributed by atoms with E-state index in [4.69, 9.17) is 0 Å². The summed E-state index contributed by atoms with van der Waals surface area (Å²) in [5.41, 5.74) is 2.36. The molecule has 0 saturated heterocycles. The molecule has 7 nitrogen and oxygen atoms in total. The van der Waals surface area contributed by atoms with Crippen molar-refractivity contribution < 1.29 is 19.6 Å². The number of benzene rings is 3. The van der Waals surface area contributed by atoms with Crippen LogP contribution in [-0.2, 0) is 4.79 Å². The highest BCUT2D eigenvalue weighted by atomic mass is 16.6. The summed E-state index contributed by atoms with van der Waals surface area (Å²) in [6, 6.07) is 17.6. The van der Waals surface area contributed by atoms with E-state index in [0.29, 0.717) is 22.4 Å².